The number of carbonyl (C=O) groups is 1. The summed E-state index contributed by atoms with van der Waals surface area (Å²) in [6.07, 6.45) is 4.94. The van der Waals surface area contributed by atoms with Crippen molar-refractivity contribution >= 4 is 40.7 Å². The second-order valence-electron chi connectivity index (χ2n) is 10.9. The molecule has 0 spiro atoms. The smallest absolute Gasteiger partial charge is 0.304 e. The highest BCUT2D eigenvalue weighted by molar-refractivity contribution is 6.33. The quantitative estimate of drug-likeness (QED) is 0.441. The first kappa shape index (κ1) is 24.1. The van der Waals surface area contributed by atoms with E-state index in [9.17, 15) is 14.3 Å². The monoisotopic (exact) mass is 521 g/mol. The van der Waals surface area contributed by atoms with Crippen LogP contribution < -0.4 is 10.2 Å². The Morgan fingerprint density at radius 2 is 2.11 bits per heavy atom. The fourth-order valence-electron chi connectivity index (χ4n) is 6.48. The SMILES string of the molecule is CN1Cc2cc(Nc3ncc(Cl)c(N4CC(C)(CC(=O)O)c5ccc(F)cc54)n3)cc3c2C(CCC3)C1. The molecule has 2 N–H and O–H groups in total. The van der Waals surface area contributed by atoms with Crippen LogP contribution in [-0.2, 0) is 23.2 Å². The Morgan fingerprint density at radius 3 is 2.92 bits per heavy atom. The molecule has 0 saturated carbocycles. The van der Waals surface area contributed by atoms with E-state index in [1.807, 2.05) is 6.92 Å². The minimum Gasteiger partial charge on any atom is -0.481 e. The van der Waals surface area contributed by atoms with Gasteiger partial charge in [-0.25, -0.2) is 9.37 Å². The third-order valence-corrected chi connectivity index (χ3v) is 8.18. The lowest BCUT2D eigenvalue weighted by Crippen LogP contribution is -2.33. The summed E-state index contributed by atoms with van der Waals surface area (Å²) < 4.78 is 14.3. The summed E-state index contributed by atoms with van der Waals surface area (Å²) in [7, 11) is 2.17. The van der Waals surface area contributed by atoms with E-state index in [-0.39, 0.29) is 6.42 Å². The van der Waals surface area contributed by atoms with Crippen LogP contribution in [0.4, 0.5) is 27.5 Å². The summed E-state index contributed by atoms with van der Waals surface area (Å²) in [4.78, 5) is 25.0. The van der Waals surface area contributed by atoms with Crippen molar-refractivity contribution in [2.75, 3.05) is 30.4 Å². The Hall–Kier alpha value is -3.23. The summed E-state index contributed by atoms with van der Waals surface area (Å²) in [5, 5.41) is 13.2. The predicted molar refractivity (Wildman–Crippen MR) is 142 cm³/mol. The molecule has 1 aromatic heterocycles. The van der Waals surface area contributed by atoms with E-state index < -0.39 is 17.2 Å². The molecule has 0 amide bonds. The number of fused-ring (bicyclic) bond motifs is 1. The number of anilines is 4. The summed E-state index contributed by atoms with van der Waals surface area (Å²) in [6, 6.07) is 8.83. The number of carboxylic acids is 1. The molecule has 37 heavy (non-hydrogen) atoms. The Labute approximate surface area is 220 Å². The van der Waals surface area contributed by atoms with Gasteiger partial charge in [-0.1, -0.05) is 24.6 Å². The van der Waals surface area contributed by atoms with E-state index in [1.165, 1.54) is 47.9 Å². The van der Waals surface area contributed by atoms with Gasteiger partial charge in [0.2, 0.25) is 5.95 Å². The Bertz CT molecular complexity index is 1420. The number of aryl methyl sites for hydroxylation is 1. The van der Waals surface area contributed by atoms with Gasteiger partial charge in [-0.05, 0) is 78.7 Å². The number of nitrogens with zero attached hydrogens (tertiary/aromatic N) is 4. The van der Waals surface area contributed by atoms with Gasteiger partial charge in [0.1, 0.15) is 10.8 Å². The number of hydrogen-bond donors (Lipinski definition) is 2. The fraction of sp³-hybridized carbons (Fsp3) is 0.393. The van der Waals surface area contributed by atoms with E-state index >= 15 is 0 Å². The molecule has 2 atom stereocenters. The first-order valence-electron chi connectivity index (χ1n) is 12.6. The maximum atomic E-state index is 14.3. The van der Waals surface area contributed by atoms with Crippen LogP contribution in [0.15, 0.2) is 36.5 Å². The van der Waals surface area contributed by atoms with E-state index in [0.29, 0.717) is 34.9 Å². The third-order valence-electron chi connectivity index (χ3n) is 7.92. The lowest BCUT2D eigenvalue weighted by Gasteiger charge is -2.37. The molecule has 2 aliphatic heterocycles. The highest BCUT2D eigenvalue weighted by Gasteiger charge is 2.42. The molecule has 0 radical (unpaired) electrons. The Kier molecular flexibility index (Phi) is 5.84. The molecule has 7 nitrogen and oxygen atoms in total. The first-order chi connectivity index (χ1) is 17.7. The number of nitrogens with one attached hydrogen (secondary N) is 1. The second kappa shape index (κ2) is 8.96. The molecular weight excluding hydrogens is 493 g/mol. The molecule has 9 heteroatoms. The zero-order valence-electron chi connectivity index (χ0n) is 20.9. The van der Waals surface area contributed by atoms with E-state index in [0.717, 1.165) is 30.8 Å². The maximum Gasteiger partial charge on any atom is 0.304 e. The molecule has 3 heterocycles. The molecule has 0 bridgehead atoms. The molecule has 0 fully saturated rings. The van der Waals surface area contributed by atoms with Crippen LogP contribution in [0.2, 0.25) is 5.02 Å². The average Bonchev–Trinajstić information content (AvgIpc) is 3.10. The summed E-state index contributed by atoms with van der Waals surface area (Å²) in [6.45, 7) is 4.20. The second-order valence-corrected chi connectivity index (χ2v) is 11.3. The van der Waals surface area contributed by atoms with Crippen molar-refractivity contribution in [1.29, 1.82) is 0 Å². The number of carboxylic acid groups (broad SMARTS) is 1. The van der Waals surface area contributed by atoms with Crippen molar-refractivity contribution in [3.05, 3.63) is 69.6 Å². The predicted octanol–water partition coefficient (Wildman–Crippen LogP) is 5.76. The number of hydrogen-bond acceptors (Lipinski definition) is 6. The van der Waals surface area contributed by atoms with Crippen LogP contribution in [0.1, 0.15) is 54.4 Å². The van der Waals surface area contributed by atoms with Crippen LogP contribution >= 0.6 is 11.6 Å². The van der Waals surface area contributed by atoms with Crippen LogP contribution in [0.5, 0.6) is 0 Å². The van der Waals surface area contributed by atoms with Crippen LogP contribution in [0, 0.1) is 5.82 Å². The number of aliphatic carboxylic acids is 1. The molecule has 3 aliphatic rings. The van der Waals surface area contributed by atoms with Gasteiger partial charge in [-0.3, -0.25) is 4.79 Å². The van der Waals surface area contributed by atoms with Gasteiger partial charge < -0.3 is 20.2 Å². The normalized spacial score (nSPS) is 22.5. The standard InChI is InChI=1S/C28H29ClFN5O2/c1-28(11-24(36)37)15-35(23-10-19(30)6-7-21(23)28)26-22(29)12-31-27(33-26)32-20-8-16-4-3-5-17-13-34(2)14-18(9-20)25(16)17/h6-10,12,17H,3-5,11,13-15H2,1-2H3,(H,36,37)(H,31,32,33). The van der Waals surface area contributed by atoms with E-state index in [2.05, 4.69) is 34.4 Å². The van der Waals surface area contributed by atoms with Crippen molar-refractivity contribution in [3.8, 4) is 0 Å². The highest BCUT2D eigenvalue weighted by Crippen LogP contribution is 2.47. The largest absolute Gasteiger partial charge is 0.481 e. The molecule has 6 rings (SSSR count). The molecule has 2 unspecified atom stereocenters. The van der Waals surface area contributed by atoms with Gasteiger partial charge in [0, 0.05) is 36.4 Å². The lowest BCUT2D eigenvalue weighted by atomic mass is 9.77. The lowest BCUT2D eigenvalue weighted by molar-refractivity contribution is -0.138. The maximum absolute atomic E-state index is 14.3. The Morgan fingerprint density at radius 1 is 1.30 bits per heavy atom. The number of rotatable bonds is 5. The van der Waals surface area contributed by atoms with Crippen molar-refractivity contribution in [2.24, 2.45) is 0 Å². The van der Waals surface area contributed by atoms with Gasteiger partial charge in [-0.2, -0.15) is 4.98 Å². The van der Waals surface area contributed by atoms with Gasteiger partial charge >= 0.3 is 5.97 Å². The van der Waals surface area contributed by atoms with Crippen molar-refractivity contribution < 1.29 is 14.3 Å². The van der Waals surface area contributed by atoms with Crippen molar-refractivity contribution in [3.63, 3.8) is 0 Å². The zero-order chi connectivity index (χ0) is 25.9. The molecule has 3 aromatic rings. The van der Waals surface area contributed by atoms with Crippen LogP contribution in [0.3, 0.4) is 0 Å². The number of halogens is 2. The van der Waals surface area contributed by atoms with E-state index in [4.69, 9.17) is 16.6 Å². The average molecular weight is 522 g/mol. The van der Waals surface area contributed by atoms with Crippen molar-refractivity contribution in [2.45, 2.75) is 50.5 Å². The number of aromatic nitrogens is 2. The van der Waals surface area contributed by atoms with Crippen molar-refractivity contribution in [1.82, 2.24) is 14.9 Å². The summed E-state index contributed by atoms with van der Waals surface area (Å²) in [5.74, 6) is 0.0749. The van der Waals surface area contributed by atoms with Crippen LogP contribution in [0.25, 0.3) is 0 Å². The molecule has 1 aliphatic carbocycles. The molecule has 2 aromatic carbocycles. The van der Waals surface area contributed by atoms with E-state index in [1.54, 1.807) is 11.0 Å². The Balaban J connectivity index is 1.36. The van der Waals surface area contributed by atoms with Crippen LogP contribution in [-0.4, -0.2) is 46.1 Å². The van der Waals surface area contributed by atoms with Gasteiger partial charge in [0.15, 0.2) is 5.82 Å². The fourth-order valence-corrected chi connectivity index (χ4v) is 6.67. The minimum atomic E-state index is -0.917. The number of benzene rings is 2. The number of likely N-dealkylation sites (N-methyl/N-ethyl adjacent to an activating group) is 1. The molecule has 0 saturated heterocycles. The molecule has 192 valence electrons. The molecular formula is C28H29ClFN5O2. The third kappa shape index (κ3) is 4.32. The van der Waals surface area contributed by atoms with Gasteiger partial charge in [0.05, 0.1) is 12.6 Å². The minimum absolute atomic E-state index is 0.0940. The topological polar surface area (TPSA) is 81.6 Å². The zero-order valence-corrected chi connectivity index (χ0v) is 21.6. The summed E-state index contributed by atoms with van der Waals surface area (Å²) in [5.41, 5.74) is 5.80. The highest BCUT2D eigenvalue weighted by atomic mass is 35.5. The van der Waals surface area contributed by atoms with Gasteiger partial charge in [0.25, 0.3) is 0 Å². The van der Waals surface area contributed by atoms with Gasteiger partial charge in [-0.15, -0.1) is 0 Å². The first-order valence-corrected chi connectivity index (χ1v) is 13.0. The summed E-state index contributed by atoms with van der Waals surface area (Å²) >= 11 is 6.56.